The van der Waals surface area contributed by atoms with Gasteiger partial charge in [0.05, 0.1) is 0 Å². The van der Waals surface area contributed by atoms with Crippen LogP contribution < -0.4 is 5.32 Å². The summed E-state index contributed by atoms with van der Waals surface area (Å²) in [7, 11) is 0. The zero-order chi connectivity index (χ0) is 23.8. The van der Waals surface area contributed by atoms with E-state index in [4.69, 9.17) is 23.2 Å². The zero-order valence-corrected chi connectivity index (χ0v) is 19.7. The minimum absolute atomic E-state index is 0.167. The van der Waals surface area contributed by atoms with Crippen LogP contribution in [0, 0.1) is 5.82 Å². The molecule has 0 saturated heterocycles. The van der Waals surface area contributed by atoms with Crippen LogP contribution in [0.1, 0.15) is 30.0 Å². The maximum absolute atomic E-state index is 13.4. The molecular formula is C26H25Cl2FN2O2. The van der Waals surface area contributed by atoms with Crippen molar-refractivity contribution in [1.29, 1.82) is 0 Å². The zero-order valence-electron chi connectivity index (χ0n) is 18.2. The summed E-state index contributed by atoms with van der Waals surface area (Å²) in [6.45, 7) is 2.15. The summed E-state index contributed by atoms with van der Waals surface area (Å²) < 4.78 is 13.4. The monoisotopic (exact) mass is 486 g/mol. The molecule has 4 nitrogen and oxygen atoms in total. The molecule has 33 heavy (non-hydrogen) atoms. The van der Waals surface area contributed by atoms with Crippen molar-refractivity contribution in [3.05, 3.63) is 105 Å². The molecular weight excluding hydrogens is 462 g/mol. The Balaban J connectivity index is 1.86. The molecule has 0 radical (unpaired) electrons. The van der Waals surface area contributed by atoms with E-state index in [0.717, 1.165) is 16.7 Å². The molecule has 7 heteroatoms. The molecule has 0 aliphatic heterocycles. The predicted octanol–water partition coefficient (Wildman–Crippen LogP) is 5.80. The van der Waals surface area contributed by atoms with Gasteiger partial charge in [0.15, 0.2) is 0 Å². The van der Waals surface area contributed by atoms with Crippen LogP contribution >= 0.6 is 23.2 Å². The van der Waals surface area contributed by atoms with E-state index in [0.29, 0.717) is 16.5 Å². The lowest BCUT2D eigenvalue weighted by atomic mass is 10.0. The van der Waals surface area contributed by atoms with E-state index in [1.807, 2.05) is 30.3 Å². The summed E-state index contributed by atoms with van der Waals surface area (Å²) in [6.07, 6.45) is 0.580. The molecule has 0 fully saturated rings. The van der Waals surface area contributed by atoms with Gasteiger partial charge in [-0.1, -0.05) is 78.7 Å². The highest BCUT2D eigenvalue weighted by atomic mass is 35.5. The van der Waals surface area contributed by atoms with Crippen LogP contribution in [-0.2, 0) is 29.1 Å². The molecule has 1 atom stereocenters. The second-order valence-corrected chi connectivity index (χ2v) is 8.50. The third-order valence-electron chi connectivity index (χ3n) is 5.31. The third kappa shape index (κ3) is 7.04. The lowest BCUT2D eigenvalue weighted by molar-refractivity contribution is -0.141. The molecule has 3 aromatic rings. The first-order valence-corrected chi connectivity index (χ1v) is 11.4. The summed E-state index contributed by atoms with van der Waals surface area (Å²) in [4.78, 5) is 27.8. The van der Waals surface area contributed by atoms with Crippen LogP contribution in [-0.4, -0.2) is 22.8 Å². The normalized spacial score (nSPS) is 11.6. The molecule has 0 heterocycles. The van der Waals surface area contributed by atoms with Crippen molar-refractivity contribution in [3.63, 3.8) is 0 Å². The molecule has 0 saturated carbocycles. The van der Waals surface area contributed by atoms with Gasteiger partial charge in [-0.05, 0) is 41.0 Å². The van der Waals surface area contributed by atoms with E-state index >= 15 is 0 Å². The van der Waals surface area contributed by atoms with Crippen molar-refractivity contribution < 1.29 is 14.0 Å². The van der Waals surface area contributed by atoms with E-state index in [9.17, 15) is 14.0 Å². The molecule has 1 N–H and O–H groups in total. The maximum atomic E-state index is 13.4. The summed E-state index contributed by atoms with van der Waals surface area (Å²) >= 11 is 12.2. The van der Waals surface area contributed by atoms with E-state index in [1.54, 1.807) is 42.2 Å². The first-order chi connectivity index (χ1) is 15.9. The fourth-order valence-corrected chi connectivity index (χ4v) is 3.98. The van der Waals surface area contributed by atoms with Gasteiger partial charge in [-0.2, -0.15) is 0 Å². The van der Waals surface area contributed by atoms with Gasteiger partial charge in [-0.3, -0.25) is 9.59 Å². The molecule has 2 amide bonds. The number of benzene rings is 3. The van der Waals surface area contributed by atoms with Gasteiger partial charge in [0.25, 0.3) is 0 Å². The van der Waals surface area contributed by atoms with E-state index in [1.165, 1.54) is 12.1 Å². The van der Waals surface area contributed by atoms with Gasteiger partial charge in [-0.25, -0.2) is 4.39 Å². The number of halogens is 3. The van der Waals surface area contributed by atoms with Crippen molar-refractivity contribution in [2.45, 2.75) is 38.9 Å². The minimum Gasteiger partial charge on any atom is -0.350 e. The van der Waals surface area contributed by atoms with Crippen LogP contribution in [0.2, 0.25) is 10.0 Å². The Morgan fingerprint density at radius 3 is 2.30 bits per heavy atom. The predicted molar refractivity (Wildman–Crippen MR) is 129 cm³/mol. The molecule has 0 spiro atoms. The number of amides is 2. The van der Waals surface area contributed by atoms with Crippen molar-refractivity contribution >= 4 is 35.0 Å². The average Bonchev–Trinajstić information content (AvgIpc) is 2.82. The van der Waals surface area contributed by atoms with E-state index < -0.39 is 6.04 Å². The number of rotatable bonds is 9. The first-order valence-electron chi connectivity index (χ1n) is 10.7. The number of carbonyl (C=O) groups is 2. The molecule has 172 valence electrons. The number of nitrogens with one attached hydrogen (secondary N) is 1. The third-order valence-corrected chi connectivity index (χ3v) is 5.89. The molecule has 0 aliphatic rings. The highest BCUT2D eigenvalue weighted by Crippen LogP contribution is 2.21. The van der Waals surface area contributed by atoms with Crippen molar-refractivity contribution in [3.8, 4) is 0 Å². The van der Waals surface area contributed by atoms with Crippen LogP contribution in [0.25, 0.3) is 0 Å². The average molecular weight is 487 g/mol. The van der Waals surface area contributed by atoms with Gasteiger partial charge in [0, 0.05) is 36.0 Å². The Kier molecular flexibility index (Phi) is 8.87. The highest BCUT2D eigenvalue weighted by Gasteiger charge is 2.29. The van der Waals surface area contributed by atoms with Crippen LogP contribution in [0.15, 0.2) is 72.8 Å². The minimum atomic E-state index is -0.754. The lowest BCUT2D eigenvalue weighted by Crippen LogP contribution is -2.50. The second kappa shape index (κ2) is 11.8. The number of hydrogen-bond donors (Lipinski definition) is 1. The van der Waals surface area contributed by atoms with Crippen molar-refractivity contribution in [2.75, 3.05) is 0 Å². The van der Waals surface area contributed by atoms with Gasteiger partial charge < -0.3 is 10.2 Å². The maximum Gasteiger partial charge on any atom is 0.243 e. The summed E-state index contributed by atoms with van der Waals surface area (Å²) in [5, 5.41) is 3.88. The summed E-state index contributed by atoms with van der Waals surface area (Å²) in [5.41, 5.74) is 2.39. The van der Waals surface area contributed by atoms with Crippen LogP contribution in [0.4, 0.5) is 4.39 Å². The molecule has 0 bridgehead atoms. The Morgan fingerprint density at radius 2 is 1.67 bits per heavy atom. The van der Waals surface area contributed by atoms with Crippen molar-refractivity contribution in [2.24, 2.45) is 0 Å². The molecule has 0 aromatic heterocycles. The Labute approximate surface area is 203 Å². The molecule has 1 unspecified atom stereocenters. The van der Waals surface area contributed by atoms with Gasteiger partial charge >= 0.3 is 0 Å². The highest BCUT2D eigenvalue weighted by molar-refractivity contribution is 6.35. The van der Waals surface area contributed by atoms with Gasteiger partial charge in [-0.15, -0.1) is 0 Å². The van der Waals surface area contributed by atoms with Gasteiger partial charge in [0.1, 0.15) is 11.9 Å². The largest absolute Gasteiger partial charge is 0.350 e. The second-order valence-electron chi connectivity index (χ2n) is 7.66. The smallest absolute Gasteiger partial charge is 0.243 e. The first kappa shape index (κ1) is 24.7. The standard InChI is InChI=1S/C26H25Cl2FN2O2/c1-2-25(32)31(17-19-8-12-22(29)13-9-19)24(14-18-6-4-3-5-7-18)26(33)30-16-20-10-11-21(27)15-23(20)28/h3-13,15,24H,2,14,16-17H2,1H3,(H,30,33). The molecule has 3 aromatic carbocycles. The topological polar surface area (TPSA) is 49.4 Å². The lowest BCUT2D eigenvalue weighted by Gasteiger charge is -2.31. The fourth-order valence-electron chi connectivity index (χ4n) is 3.51. The van der Waals surface area contributed by atoms with Crippen LogP contribution in [0.5, 0.6) is 0 Å². The summed E-state index contributed by atoms with van der Waals surface area (Å²) in [5.74, 6) is -0.820. The quantitative estimate of drug-likeness (QED) is 0.415. The molecule has 0 aliphatic carbocycles. The van der Waals surface area contributed by atoms with E-state index in [-0.39, 0.29) is 37.1 Å². The van der Waals surface area contributed by atoms with E-state index in [2.05, 4.69) is 5.32 Å². The number of nitrogens with zero attached hydrogens (tertiary/aromatic N) is 1. The number of hydrogen-bond acceptors (Lipinski definition) is 2. The molecule has 3 rings (SSSR count). The summed E-state index contributed by atoms with van der Waals surface area (Å²) in [6, 6.07) is 19.8. The van der Waals surface area contributed by atoms with Crippen LogP contribution in [0.3, 0.4) is 0 Å². The van der Waals surface area contributed by atoms with Crippen molar-refractivity contribution in [1.82, 2.24) is 10.2 Å². The Bertz CT molecular complexity index is 1090. The Morgan fingerprint density at radius 1 is 0.970 bits per heavy atom. The van der Waals surface area contributed by atoms with Gasteiger partial charge in [0.2, 0.25) is 11.8 Å². The fraction of sp³-hybridized carbons (Fsp3) is 0.231. The Hall–Kier alpha value is -2.89. The number of carbonyl (C=O) groups excluding carboxylic acids is 2. The SMILES string of the molecule is CCC(=O)N(Cc1ccc(F)cc1)C(Cc1ccccc1)C(=O)NCc1ccc(Cl)cc1Cl.